The van der Waals surface area contributed by atoms with Gasteiger partial charge in [-0.15, -0.1) is 0 Å². The highest BCUT2D eigenvalue weighted by Crippen LogP contribution is 2.20. The second-order valence-corrected chi connectivity index (χ2v) is 5.69. The van der Waals surface area contributed by atoms with E-state index in [0.29, 0.717) is 5.56 Å². The summed E-state index contributed by atoms with van der Waals surface area (Å²) in [4.78, 5) is 11.8. The number of carbonyl (C=O) groups is 1. The lowest BCUT2D eigenvalue weighted by Crippen LogP contribution is -2.05. The third-order valence-electron chi connectivity index (χ3n) is 3.10. The predicted octanol–water partition coefficient (Wildman–Crippen LogP) is 3.46. The molecule has 2 aromatic rings. The molecule has 0 radical (unpaired) electrons. The van der Waals surface area contributed by atoms with E-state index in [-0.39, 0.29) is 18.0 Å². The van der Waals surface area contributed by atoms with Gasteiger partial charge < -0.3 is 4.55 Å². The third kappa shape index (κ3) is 3.85. The van der Waals surface area contributed by atoms with Crippen molar-refractivity contribution in [3.05, 3.63) is 59.7 Å². The summed E-state index contributed by atoms with van der Waals surface area (Å²) in [6.45, 7) is 2.04. The first-order valence-corrected chi connectivity index (χ1v) is 7.61. The molecule has 0 fully saturated rings. The highest BCUT2D eigenvalue weighted by Gasteiger charge is 2.07. The first-order chi connectivity index (χ1) is 9.56. The summed E-state index contributed by atoms with van der Waals surface area (Å²) in [6.07, 6.45) is 0.0903. The maximum absolute atomic E-state index is 11.8. The van der Waals surface area contributed by atoms with Crippen LogP contribution in [0.15, 0.2) is 48.5 Å². The number of hydrogen-bond acceptors (Lipinski definition) is 2. The van der Waals surface area contributed by atoms with Crippen LogP contribution in [0, 0.1) is 6.92 Å². The quantitative estimate of drug-likeness (QED) is 0.677. The first kappa shape index (κ1) is 14.6. The fourth-order valence-corrected chi connectivity index (χ4v) is 2.28. The summed E-state index contributed by atoms with van der Waals surface area (Å²) in [5.41, 5.74) is 3.93. The summed E-state index contributed by atoms with van der Waals surface area (Å²) in [5, 5.41) is 0. The molecule has 0 bridgehead atoms. The molecule has 2 rings (SSSR count). The maximum Gasteiger partial charge on any atom is 0.163 e. The van der Waals surface area contributed by atoms with E-state index in [1.165, 1.54) is 5.56 Å². The molecule has 0 aliphatic rings. The van der Waals surface area contributed by atoms with Crippen LogP contribution in [0.1, 0.15) is 22.3 Å². The highest BCUT2D eigenvalue weighted by atomic mass is 32.2. The molecule has 1 N–H and O–H groups in total. The summed E-state index contributed by atoms with van der Waals surface area (Å²) in [5.74, 6) is -0.124. The molecule has 0 saturated heterocycles. The smallest absolute Gasteiger partial charge is 0.163 e. The van der Waals surface area contributed by atoms with Crippen molar-refractivity contribution < 1.29 is 13.6 Å². The lowest BCUT2D eigenvalue weighted by Gasteiger charge is -2.04. The van der Waals surface area contributed by atoms with Crippen LogP contribution in [0.5, 0.6) is 0 Å². The average molecular weight is 288 g/mol. The molecule has 20 heavy (non-hydrogen) atoms. The van der Waals surface area contributed by atoms with Gasteiger partial charge in [-0.1, -0.05) is 54.1 Å². The Morgan fingerprint density at radius 1 is 1.00 bits per heavy atom. The zero-order valence-corrected chi connectivity index (χ0v) is 12.0. The zero-order valence-electron chi connectivity index (χ0n) is 11.2. The Morgan fingerprint density at radius 3 is 2.00 bits per heavy atom. The largest absolute Gasteiger partial charge is 0.306 e. The monoisotopic (exact) mass is 288 g/mol. The van der Waals surface area contributed by atoms with Crippen LogP contribution in [0.4, 0.5) is 0 Å². The Kier molecular flexibility index (Phi) is 4.82. The summed E-state index contributed by atoms with van der Waals surface area (Å²) in [6, 6.07) is 15.5. The van der Waals surface area contributed by atoms with Gasteiger partial charge in [-0.3, -0.25) is 4.79 Å². The summed E-state index contributed by atoms with van der Waals surface area (Å²) >= 11 is -1.92. The Balaban J connectivity index is 2.11. The molecule has 1 unspecified atom stereocenters. The fourth-order valence-electron chi connectivity index (χ4n) is 1.92. The summed E-state index contributed by atoms with van der Waals surface area (Å²) in [7, 11) is 0. The van der Waals surface area contributed by atoms with Crippen molar-refractivity contribution in [2.24, 2.45) is 0 Å². The van der Waals surface area contributed by atoms with Crippen LogP contribution in [0.2, 0.25) is 0 Å². The fraction of sp³-hybridized carbons (Fsp3) is 0.188. The number of aryl methyl sites for hydroxylation is 1. The van der Waals surface area contributed by atoms with Gasteiger partial charge in [0.25, 0.3) is 0 Å². The Hall–Kier alpha value is -1.78. The van der Waals surface area contributed by atoms with Crippen LogP contribution in [-0.4, -0.2) is 20.3 Å². The lowest BCUT2D eigenvalue weighted by atomic mass is 10.0. The maximum atomic E-state index is 11.8. The van der Waals surface area contributed by atoms with Crippen molar-refractivity contribution in [1.29, 1.82) is 0 Å². The standard InChI is InChI=1S/C16H16O3S/c1-12-2-4-13(5-3-12)14-6-8-15(9-7-14)16(17)10-11-20(18)19/h2-9H,10-11H2,1H3,(H,18,19). The van der Waals surface area contributed by atoms with Crippen LogP contribution in [-0.2, 0) is 11.1 Å². The molecular formula is C16H16O3S. The van der Waals surface area contributed by atoms with Crippen LogP contribution < -0.4 is 0 Å². The van der Waals surface area contributed by atoms with Crippen LogP contribution >= 0.6 is 0 Å². The van der Waals surface area contributed by atoms with Gasteiger partial charge in [0, 0.05) is 12.0 Å². The van der Waals surface area contributed by atoms with E-state index < -0.39 is 11.1 Å². The average Bonchev–Trinajstić information content (AvgIpc) is 2.46. The normalized spacial score (nSPS) is 12.1. The van der Waals surface area contributed by atoms with E-state index >= 15 is 0 Å². The van der Waals surface area contributed by atoms with Crippen molar-refractivity contribution in [2.45, 2.75) is 13.3 Å². The molecule has 2 aromatic carbocycles. The number of benzene rings is 2. The molecule has 4 heteroatoms. The number of rotatable bonds is 5. The molecular weight excluding hydrogens is 272 g/mol. The van der Waals surface area contributed by atoms with E-state index in [1.54, 1.807) is 12.1 Å². The van der Waals surface area contributed by atoms with Gasteiger partial charge in [0.2, 0.25) is 0 Å². The van der Waals surface area contributed by atoms with Crippen molar-refractivity contribution >= 4 is 16.9 Å². The van der Waals surface area contributed by atoms with Gasteiger partial charge >= 0.3 is 0 Å². The molecule has 0 aliphatic heterocycles. The molecule has 0 aliphatic carbocycles. The molecule has 0 amide bonds. The molecule has 3 nitrogen and oxygen atoms in total. The van der Waals surface area contributed by atoms with E-state index in [1.807, 2.05) is 43.3 Å². The summed E-state index contributed by atoms with van der Waals surface area (Å²) < 4.78 is 19.2. The van der Waals surface area contributed by atoms with Crippen molar-refractivity contribution in [2.75, 3.05) is 5.75 Å². The first-order valence-electron chi connectivity index (χ1n) is 6.34. The predicted molar refractivity (Wildman–Crippen MR) is 81.2 cm³/mol. The third-order valence-corrected chi connectivity index (χ3v) is 3.65. The Labute approximate surface area is 120 Å². The number of hydrogen-bond donors (Lipinski definition) is 1. The van der Waals surface area contributed by atoms with E-state index in [4.69, 9.17) is 4.55 Å². The van der Waals surface area contributed by atoms with E-state index in [2.05, 4.69) is 0 Å². The van der Waals surface area contributed by atoms with Crippen molar-refractivity contribution in [1.82, 2.24) is 0 Å². The Bertz CT molecular complexity index is 615. The highest BCUT2D eigenvalue weighted by molar-refractivity contribution is 7.79. The van der Waals surface area contributed by atoms with E-state index in [0.717, 1.165) is 11.1 Å². The molecule has 0 saturated carbocycles. The lowest BCUT2D eigenvalue weighted by molar-refractivity contribution is 0.0988. The second kappa shape index (κ2) is 6.59. The van der Waals surface area contributed by atoms with Gasteiger partial charge in [-0.05, 0) is 18.1 Å². The number of ketones is 1. The minimum atomic E-state index is -1.92. The van der Waals surface area contributed by atoms with Gasteiger partial charge in [0.15, 0.2) is 16.9 Å². The van der Waals surface area contributed by atoms with Gasteiger partial charge in [-0.25, -0.2) is 4.21 Å². The Morgan fingerprint density at radius 2 is 1.50 bits per heavy atom. The zero-order chi connectivity index (χ0) is 14.5. The van der Waals surface area contributed by atoms with Gasteiger partial charge in [0.1, 0.15) is 0 Å². The topological polar surface area (TPSA) is 54.4 Å². The minimum absolute atomic E-state index is 0.0153. The SMILES string of the molecule is Cc1ccc(-c2ccc(C(=O)CCS(=O)O)cc2)cc1. The van der Waals surface area contributed by atoms with Crippen molar-refractivity contribution in [3.63, 3.8) is 0 Å². The van der Waals surface area contributed by atoms with Crippen LogP contribution in [0.25, 0.3) is 11.1 Å². The second-order valence-electron chi connectivity index (χ2n) is 4.64. The number of Topliss-reactive ketones (excluding diaryl/α,β-unsaturated/α-hetero) is 1. The van der Waals surface area contributed by atoms with Gasteiger partial charge in [0.05, 0.1) is 5.75 Å². The molecule has 0 spiro atoms. The molecule has 0 heterocycles. The van der Waals surface area contributed by atoms with Crippen LogP contribution in [0.3, 0.4) is 0 Å². The number of carbonyl (C=O) groups excluding carboxylic acids is 1. The van der Waals surface area contributed by atoms with Gasteiger partial charge in [-0.2, -0.15) is 0 Å². The van der Waals surface area contributed by atoms with E-state index in [9.17, 15) is 9.00 Å². The molecule has 0 aromatic heterocycles. The molecule has 104 valence electrons. The molecule has 1 atom stereocenters. The minimum Gasteiger partial charge on any atom is -0.306 e. The van der Waals surface area contributed by atoms with Crippen molar-refractivity contribution in [3.8, 4) is 11.1 Å².